The number of furan rings is 1. The second kappa shape index (κ2) is 4.23. The number of pyridine rings is 1. The first kappa shape index (κ1) is 10.9. The summed E-state index contributed by atoms with van der Waals surface area (Å²) in [5.41, 5.74) is 7.72. The Balaban J connectivity index is 2.16. The van der Waals surface area contributed by atoms with Crippen molar-refractivity contribution in [2.45, 2.75) is 6.54 Å². The lowest BCUT2D eigenvalue weighted by Crippen LogP contribution is -1.96. The molecular formula is C14H11FN2O. The Labute approximate surface area is 103 Å². The third-order valence-electron chi connectivity index (χ3n) is 2.82. The molecule has 2 N–H and O–H groups in total. The van der Waals surface area contributed by atoms with Gasteiger partial charge in [0.25, 0.3) is 0 Å². The standard InChI is InChI=1S/C14H11FN2O/c15-11-2-1-3-13-10(11)7-14(18-13)12-6-9(8-16)4-5-17-12/h1-7H,8,16H2. The summed E-state index contributed by atoms with van der Waals surface area (Å²) in [7, 11) is 0. The number of fused-ring (bicyclic) bond motifs is 1. The number of aromatic nitrogens is 1. The van der Waals surface area contributed by atoms with Crippen molar-refractivity contribution in [1.29, 1.82) is 0 Å². The van der Waals surface area contributed by atoms with Crippen molar-refractivity contribution >= 4 is 11.0 Å². The average Bonchev–Trinajstić information content (AvgIpc) is 2.84. The summed E-state index contributed by atoms with van der Waals surface area (Å²) in [5.74, 6) is 0.253. The number of rotatable bonds is 2. The zero-order valence-electron chi connectivity index (χ0n) is 9.56. The SMILES string of the molecule is NCc1ccnc(-c2cc3c(F)cccc3o2)c1. The van der Waals surface area contributed by atoms with Crippen molar-refractivity contribution in [3.8, 4) is 11.5 Å². The first-order valence-electron chi connectivity index (χ1n) is 5.61. The Bertz CT molecular complexity index is 706. The molecule has 0 atom stereocenters. The molecule has 18 heavy (non-hydrogen) atoms. The number of halogens is 1. The molecule has 0 radical (unpaired) electrons. The van der Waals surface area contributed by atoms with E-state index in [1.807, 2.05) is 12.1 Å². The average molecular weight is 242 g/mol. The van der Waals surface area contributed by atoms with Crippen LogP contribution >= 0.6 is 0 Å². The van der Waals surface area contributed by atoms with Gasteiger partial charge in [-0.3, -0.25) is 4.98 Å². The molecule has 0 saturated carbocycles. The minimum absolute atomic E-state index is 0.294. The van der Waals surface area contributed by atoms with Crippen molar-refractivity contribution in [3.63, 3.8) is 0 Å². The summed E-state index contributed by atoms with van der Waals surface area (Å²) in [6.45, 7) is 0.435. The second-order valence-electron chi connectivity index (χ2n) is 4.02. The van der Waals surface area contributed by atoms with E-state index in [0.29, 0.717) is 29.0 Å². The fourth-order valence-electron chi connectivity index (χ4n) is 1.89. The predicted molar refractivity (Wildman–Crippen MR) is 67.3 cm³/mol. The van der Waals surface area contributed by atoms with E-state index in [2.05, 4.69) is 4.98 Å². The summed E-state index contributed by atoms with van der Waals surface area (Å²) < 4.78 is 19.2. The molecule has 2 heterocycles. The van der Waals surface area contributed by atoms with Crippen molar-refractivity contribution < 1.29 is 8.81 Å². The summed E-state index contributed by atoms with van der Waals surface area (Å²) in [6, 6.07) is 10.1. The van der Waals surface area contributed by atoms with Crippen LogP contribution in [0.5, 0.6) is 0 Å². The Morgan fingerprint density at radius 2 is 2.11 bits per heavy atom. The van der Waals surface area contributed by atoms with E-state index in [4.69, 9.17) is 10.2 Å². The van der Waals surface area contributed by atoms with Gasteiger partial charge in [-0.1, -0.05) is 6.07 Å². The topological polar surface area (TPSA) is 52.0 Å². The molecule has 0 bridgehead atoms. The molecule has 4 heteroatoms. The smallest absolute Gasteiger partial charge is 0.153 e. The van der Waals surface area contributed by atoms with E-state index in [-0.39, 0.29) is 5.82 Å². The Morgan fingerprint density at radius 1 is 1.22 bits per heavy atom. The van der Waals surface area contributed by atoms with Crippen LogP contribution in [-0.4, -0.2) is 4.98 Å². The van der Waals surface area contributed by atoms with Crippen LogP contribution in [0.4, 0.5) is 4.39 Å². The minimum Gasteiger partial charge on any atom is -0.454 e. The van der Waals surface area contributed by atoms with Gasteiger partial charge >= 0.3 is 0 Å². The van der Waals surface area contributed by atoms with Gasteiger partial charge in [0.2, 0.25) is 0 Å². The molecule has 0 unspecified atom stereocenters. The molecule has 0 amide bonds. The molecule has 0 spiro atoms. The lowest BCUT2D eigenvalue weighted by atomic mass is 10.2. The third kappa shape index (κ3) is 1.76. The largest absolute Gasteiger partial charge is 0.454 e. The highest BCUT2D eigenvalue weighted by Crippen LogP contribution is 2.28. The summed E-state index contributed by atoms with van der Waals surface area (Å²) >= 11 is 0. The van der Waals surface area contributed by atoms with Crippen molar-refractivity contribution in [1.82, 2.24) is 4.98 Å². The van der Waals surface area contributed by atoms with Gasteiger partial charge in [0.05, 0.1) is 5.39 Å². The van der Waals surface area contributed by atoms with Crippen molar-refractivity contribution in [2.24, 2.45) is 5.73 Å². The van der Waals surface area contributed by atoms with Crippen LogP contribution in [0.25, 0.3) is 22.4 Å². The van der Waals surface area contributed by atoms with E-state index >= 15 is 0 Å². The molecule has 0 aliphatic rings. The quantitative estimate of drug-likeness (QED) is 0.751. The Morgan fingerprint density at radius 3 is 2.89 bits per heavy atom. The van der Waals surface area contributed by atoms with Gasteiger partial charge in [-0.25, -0.2) is 4.39 Å². The summed E-state index contributed by atoms with van der Waals surface area (Å²) in [6.07, 6.45) is 1.67. The van der Waals surface area contributed by atoms with E-state index in [1.165, 1.54) is 6.07 Å². The normalized spacial score (nSPS) is 11.0. The zero-order chi connectivity index (χ0) is 12.5. The number of nitrogens with zero attached hydrogens (tertiary/aromatic N) is 1. The molecule has 0 fully saturated rings. The maximum Gasteiger partial charge on any atom is 0.153 e. The highest BCUT2D eigenvalue weighted by Gasteiger charge is 2.10. The van der Waals surface area contributed by atoms with Crippen LogP contribution in [0.1, 0.15) is 5.56 Å². The monoisotopic (exact) mass is 242 g/mol. The highest BCUT2D eigenvalue weighted by atomic mass is 19.1. The molecule has 0 saturated heterocycles. The zero-order valence-corrected chi connectivity index (χ0v) is 9.56. The fraction of sp³-hybridized carbons (Fsp3) is 0.0714. The Kier molecular flexibility index (Phi) is 2.57. The highest BCUT2D eigenvalue weighted by molar-refractivity contribution is 5.82. The number of hydrogen-bond acceptors (Lipinski definition) is 3. The van der Waals surface area contributed by atoms with E-state index < -0.39 is 0 Å². The van der Waals surface area contributed by atoms with Crippen LogP contribution in [0.2, 0.25) is 0 Å². The van der Waals surface area contributed by atoms with Gasteiger partial charge < -0.3 is 10.2 Å². The van der Waals surface area contributed by atoms with Crippen molar-refractivity contribution in [2.75, 3.05) is 0 Å². The van der Waals surface area contributed by atoms with E-state index in [1.54, 1.807) is 24.4 Å². The van der Waals surface area contributed by atoms with E-state index in [9.17, 15) is 4.39 Å². The van der Waals surface area contributed by atoms with Crippen LogP contribution in [0, 0.1) is 5.82 Å². The molecule has 90 valence electrons. The molecule has 3 nitrogen and oxygen atoms in total. The predicted octanol–water partition coefficient (Wildman–Crippen LogP) is 3.09. The molecule has 2 aromatic heterocycles. The molecule has 3 rings (SSSR count). The second-order valence-corrected chi connectivity index (χ2v) is 4.02. The Hall–Kier alpha value is -2.20. The number of benzene rings is 1. The summed E-state index contributed by atoms with van der Waals surface area (Å²) in [4.78, 5) is 4.21. The molecule has 1 aromatic carbocycles. The maximum absolute atomic E-state index is 13.6. The van der Waals surface area contributed by atoms with Crippen LogP contribution in [-0.2, 0) is 6.54 Å². The molecule has 0 aliphatic heterocycles. The maximum atomic E-state index is 13.6. The molecular weight excluding hydrogens is 231 g/mol. The van der Waals surface area contributed by atoms with Crippen LogP contribution in [0.3, 0.4) is 0 Å². The van der Waals surface area contributed by atoms with Gasteiger partial charge in [0, 0.05) is 12.7 Å². The van der Waals surface area contributed by atoms with Crippen molar-refractivity contribution in [3.05, 3.63) is 54.0 Å². The van der Waals surface area contributed by atoms with Crippen LogP contribution in [0.15, 0.2) is 47.0 Å². The summed E-state index contributed by atoms with van der Waals surface area (Å²) in [5, 5.41) is 0.465. The van der Waals surface area contributed by atoms with Gasteiger partial charge in [-0.2, -0.15) is 0 Å². The number of nitrogens with two attached hydrogens (primary N) is 1. The van der Waals surface area contributed by atoms with Gasteiger partial charge in [0.1, 0.15) is 17.1 Å². The van der Waals surface area contributed by atoms with Crippen LogP contribution < -0.4 is 5.73 Å². The fourth-order valence-corrected chi connectivity index (χ4v) is 1.89. The minimum atomic E-state index is -0.294. The van der Waals surface area contributed by atoms with Gasteiger partial charge in [0.15, 0.2) is 5.76 Å². The lowest BCUT2D eigenvalue weighted by Gasteiger charge is -1.98. The van der Waals surface area contributed by atoms with Gasteiger partial charge in [-0.05, 0) is 35.9 Å². The molecule has 3 aromatic rings. The third-order valence-corrected chi connectivity index (χ3v) is 2.82. The number of hydrogen-bond donors (Lipinski definition) is 1. The lowest BCUT2D eigenvalue weighted by molar-refractivity contribution is 0.620. The van der Waals surface area contributed by atoms with Gasteiger partial charge in [-0.15, -0.1) is 0 Å². The first-order valence-corrected chi connectivity index (χ1v) is 5.61. The molecule has 0 aliphatic carbocycles. The van der Waals surface area contributed by atoms with E-state index in [0.717, 1.165) is 5.56 Å². The first-order chi connectivity index (χ1) is 8.78.